The highest BCUT2D eigenvalue weighted by molar-refractivity contribution is 5.85. The van der Waals surface area contributed by atoms with Crippen LogP contribution in [0.25, 0.3) is 16.7 Å². The maximum absolute atomic E-state index is 12.6. The lowest BCUT2D eigenvalue weighted by Gasteiger charge is -2.21. The van der Waals surface area contributed by atoms with Crippen LogP contribution < -0.4 is 10.5 Å². The third-order valence-corrected chi connectivity index (χ3v) is 4.15. The van der Waals surface area contributed by atoms with Crippen molar-refractivity contribution in [2.24, 2.45) is 0 Å². The minimum absolute atomic E-state index is 0.163. The quantitative estimate of drug-likeness (QED) is 0.747. The van der Waals surface area contributed by atoms with Gasteiger partial charge in [-0.05, 0) is 21.0 Å². The number of nitrogens with one attached hydrogen (secondary N) is 1. The molecular formula is C16H23N7O. The second-order valence-corrected chi connectivity index (χ2v) is 6.23. The Bertz CT molecular complexity index is 941. The number of rotatable bonds is 5. The summed E-state index contributed by atoms with van der Waals surface area (Å²) in [5.41, 5.74) is 2.44. The van der Waals surface area contributed by atoms with E-state index in [-0.39, 0.29) is 5.56 Å². The summed E-state index contributed by atoms with van der Waals surface area (Å²) in [6.07, 6.45) is 2.26. The predicted octanol–water partition coefficient (Wildman–Crippen LogP) is 0.834. The van der Waals surface area contributed by atoms with Gasteiger partial charge in [0.05, 0.1) is 5.69 Å². The molecule has 128 valence electrons. The predicted molar refractivity (Wildman–Crippen MR) is 94.8 cm³/mol. The molecule has 0 aliphatic heterocycles. The van der Waals surface area contributed by atoms with Gasteiger partial charge in [0.15, 0.2) is 11.5 Å². The molecule has 0 saturated carbocycles. The van der Waals surface area contributed by atoms with Crippen molar-refractivity contribution in [3.05, 3.63) is 28.2 Å². The normalized spacial score (nSPS) is 11.8. The number of hydrogen-bond donors (Lipinski definition) is 1. The van der Waals surface area contributed by atoms with Crippen molar-refractivity contribution in [2.45, 2.75) is 20.3 Å². The number of imidazole rings is 1. The molecule has 0 fully saturated rings. The van der Waals surface area contributed by atoms with Gasteiger partial charge < -0.3 is 14.8 Å². The van der Waals surface area contributed by atoms with Crippen LogP contribution in [0.2, 0.25) is 0 Å². The van der Waals surface area contributed by atoms with Gasteiger partial charge in [-0.3, -0.25) is 9.20 Å². The van der Waals surface area contributed by atoms with E-state index in [1.165, 1.54) is 6.33 Å². The summed E-state index contributed by atoms with van der Waals surface area (Å²) in [5, 5.41) is 0. The molecule has 1 N–H and O–H groups in total. The maximum atomic E-state index is 12.6. The Morgan fingerprint density at radius 3 is 2.62 bits per heavy atom. The van der Waals surface area contributed by atoms with Crippen molar-refractivity contribution >= 4 is 22.5 Å². The largest absolute Gasteiger partial charge is 0.357 e. The van der Waals surface area contributed by atoms with Gasteiger partial charge in [0.1, 0.15) is 23.2 Å². The summed E-state index contributed by atoms with van der Waals surface area (Å²) in [6.45, 7) is 5.55. The number of hydrogen-bond acceptors (Lipinski definition) is 6. The molecule has 0 aromatic carbocycles. The zero-order chi connectivity index (χ0) is 17.4. The van der Waals surface area contributed by atoms with E-state index in [0.29, 0.717) is 22.5 Å². The molecule has 0 unspecified atom stereocenters. The average molecular weight is 329 g/mol. The van der Waals surface area contributed by atoms with Gasteiger partial charge >= 0.3 is 0 Å². The lowest BCUT2D eigenvalue weighted by Crippen LogP contribution is -2.29. The molecule has 0 amide bonds. The van der Waals surface area contributed by atoms with Crippen LogP contribution in [0.5, 0.6) is 0 Å². The Morgan fingerprint density at radius 1 is 1.21 bits per heavy atom. The molecule has 0 aliphatic carbocycles. The van der Waals surface area contributed by atoms with Crippen molar-refractivity contribution in [3.8, 4) is 0 Å². The number of nitrogens with zero attached hydrogens (tertiary/aromatic N) is 6. The fraction of sp³-hybridized carbons (Fsp3) is 0.500. The lowest BCUT2D eigenvalue weighted by atomic mass is 10.3. The Morgan fingerprint density at radius 2 is 1.96 bits per heavy atom. The van der Waals surface area contributed by atoms with E-state index in [4.69, 9.17) is 0 Å². The molecule has 0 radical (unpaired) electrons. The molecule has 3 aromatic rings. The van der Waals surface area contributed by atoms with Crippen LogP contribution in [0.15, 0.2) is 11.1 Å². The minimum Gasteiger partial charge on any atom is -0.357 e. The number of likely N-dealkylation sites (N-methyl/N-ethyl adjacent to an activating group) is 2. The smallest absolute Gasteiger partial charge is 0.274 e. The first-order chi connectivity index (χ1) is 11.4. The highest BCUT2D eigenvalue weighted by Gasteiger charge is 2.18. The highest BCUT2D eigenvalue weighted by atomic mass is 16.1. The van der Waals surface area contributed by atoms with Crippen LogP contribution in [0.4, 0.5) is 5.82 Å². The molecule has 3 aromatic heterocycles. The van der Waals surface area contributed by atoms with Crippen molar-refractivity contribution in [1.82, 2.24) is 29.2 Å². The van der Waals surface area contributed by atoms with E-state index in [0.717, 1.165) is 31.0 Å². The highest BCUT2D eigenvalue weighted by Crippen LogP contribution is 2.21. The van der Waals surface area contributed by atoms with Crippen LogP contribution in [0.3, 0.4) is 0 Å². The van der Waals surface area contributed by atoms with E-state index in [1.807, 2.05) is 44.3 Å². The molecule has 0 aliphatic rings. The summed E-state index contributed by atoms with van der Waals surface area (Å²) in [5.74, 6) is 1.55. The second-order valence-electron chi connectivity index (χ2n) is 6.23. The number of aromatic nitrogens is 5. The first-order valence-corrected chi connectivity index (χ1v) is 8.04. The van der Waals surface area contributed by atoms with Crippen LogP contribution in [-0.4, -0.2) is 63.5 Å². The first-order valence-electron chi connectivity index (χ1n) is 8.04. The monoisotopic (exact) mass is 329 g/mol. The molecular weight excluding hydrogens is 306 g/mol. The Kier molecular flexibility index (Phi) is 4.23. The van der Waals surface area contributed by atoms with Crippen LogP contribution in [0, 0.1) is 6.92 Å². The van der Waals surface area contributed by atoms with Gasteiger partial charge in [0.25, 0.3) is 5.56 Å². The van der Waals surface area contributed by atoms with Crippen molar-refractivity contribution in [3.63, 3.8) is 0 Å². The fourth-order valence-corrected chi connectivity index (χ4v) is 2.89. The second kappa shape index (κ2) is 6.20. The zero-order valence-corrected chi connectivity index (χ0v) is 14.8. The summed E-state index contributed by atoms with van der Waals surface area (Å²) >= 11 is 0. The van der Waals surface area contributed by atoms with E-state index < -0.39 is 0 Å². The molecule has 0 bridgehead atoms. The van der Waals surface area contributed by atoms with Crippen LogP contribution in [-0.2, 0) is 6.42 Å². The average Bonchev–Trinajstić information content (AvgIpc) is 2.90. The zero-order valence-electron chi connectivity index (χ0n) is 14.8. The third-order valence-electron chi connectivity index (χ3n) is 4.15. The summed E-state index contributed by atoms with van der Waals surface area (Å²) < 4.78 is 1.86. The molecule has 8 nitrogen and oxygen atoms in total. The number of anilines is 1. The van der Waals surface area contributed by atoms with Gasteiger partial charge in [-0.15, -0.1) is 0 Å². The molecule has 0 atom stereocenters. The van der Waals surface area contributed by atoms with Crippen molar-refractivity contribution in [1.29, 1.82) is 0 Å². The van der Waals surface area contributed by atoms with Gasteiger partial charge in [-0.25, -0.2) is 15.0 Å². The van der Waals surface area contributed by atoms with E-state index in [1.54, 1.807) is 0 Å². The summed E-state index contributed by atoms with van der Waals surface area (Å²) in [7, 11) is 6.02. The number of fused-ring (bicyclic) bond motifs is 3. The maximum Gasteiger partial charge on any atom is 0.274 e. The Hall–Kier alpha value is -2.48. The SMILES string of the molecule is CCc1nc(C)c2c(=O)[nH]c3c(N(C)CCN(C)C)ncnc3n12. The molecule has 3 heterocycles. The van der Waals surface area contributed by atoms with Gasteiger partial charge in [-0.1, -0.05) is 6.92 Å². The molecule has 0 saturated heterocycles. The van der Waals surface area contributed by atoms with E-state index >= 15 is 0 Å². The van der Waals surface area contributed by atoms with E-state index in [9.17, 15) is 4.79 Å². The molecule has 3 rings (SSSR count). The molecule has 8 heteroatoms. The van der Waals surface area contributed by atoms with Gasteiger partial charge in [-0.2, -0.15) is 0 Å². The minimum atomic E-state index is -0.163. The van der Waals surface area contributed by atoms with E-state index in [2.05, 4.69) is 24.8 Å². The fourth-order valence-electron chi connectivity index (χ4n) is 2.89. The topological polar surface area (TPSA) is 82.4 Å². The Balaban J connectivity index is 2.26. The standard InChI is InChI=1S/C16H23N7O/c1-6-11-19-10(2)13-16(24)20-12-14(22(5)8-7-21(3)4)17-9-18-15(12)23(11)13/h9H,6-8H2,1-5H3,(H,20,24). The molecule has 0 spiro atoms. The van der Waals surface area contributed by atoms with Crippen LogP contribution >= 0.6 is 0 Å². The van der Waals surface area contributed by atoms with Crippen molar-refractivity contribution in [2.75, 3.05) is 39.1 Å². The summed E-state index contributed by atoms with van der Waals surface area (Å²) in [6, 6.07) is 0. The third kappa shape index (κ3) is 2.62. The number of aryl methyl sites for hydroxylation is 2. The van der Waals surface area contributed by atoms with Crippen LogP contribution in [0.1, 0.15) is 18.4 Å². The number of aromatic amines is 1. The van der Waals surface area contributed by atoms with Crippen molar-refractivity contribution < 1.29 is 0 Å². The number of H-pyrrole nitrogens is 1. The summed E-state index contributed by atoms with van der Waals surface area (Å²) in [4.78, 5) is 33.0. The Labute approximate surface area is 140 Å². The van der Waals surface area contributed by atoms with Gasteiger partial charge in [0, 0.05) is 26.6 Å². The lowest BCUT2D eigenvalue weighted by molar-refractivity contribution is 0.416. The molecule has 24 heavy (non-hydrogen) atoms. The first kappa shape index (κ1) is 16.4. The van der Waals surface area contributed by atoms with Gasteiger partial charge in [0.2, 0.25) is 0 Å².